The van der Waals surface area contributed by atoms with Gasteiger partial charge in [-0.05, 0) is 36.3 Å². The van der Waals surface area contributed by atoms with Crippen LogP contribution in [0.15, 0.2) is 42.6 Å². The second-order valence-corrected chi connectivity index (χ2v) is 3.96. The number of pyridine rings is 1. The van der Waals surface area contributed by atoms with Crippen molar-refractivity contribution in [1.82, 2.24) is 4.98 Å². The van der Waals surface area contributed by atoms with Gasteiger partial charge in [-0.25, -0.2) is 4.79 Å². The number of fused-ring (bicyclic) bond motifs is 1. The number of carbonyl (C=O) groups excluding carboxylic acids is 1. The Morgan fingerprint density at radius 1 is 1.39 bits per heavy atom. The molecule has 0 radical (unpaired) electrons. The molecule has 0 saturated carbocycles. The Kier molecular flexibility index (Phi) is 4.07. The van der Waals surface area contributed by atoms with Gasteiger partial charge >= 0.3 is 5.97 Å². The van der Waals surface area contributed by atoms with Crippen LogP contribution in [0.1, 0.15) is 18.9 Å². The van der Waals surface area contributed by atoms with Crippen LogP contribution in [0.2, 0.25) is 0 Å². The molecule has 2 rings (SSSR count). The standard InChI is InChI=1S/C15H15NO2/c1-2-10-18-15(17)8-6-12-5-7-14-13(11-12)4-3-9-16-14/h3-9,11H,2,10H2,1H3/b8-6+. The highest BCUT2D eigenvalue weighted by molar-refractivity contribution is 5.88. The van der Waals surface area contributed by atoms with Gasteiger partial charge in [-0.15, -0.1) is 0 Å². The van der Waals surface area contributed by atoms with Crippen LogP contribution in [-0.2, 0) is 9.53 Å². The average Bonchev–Trinajstić information content (AvgIpc) is 2.42. The van der Waals surface area contributed by atoms with Gasteiger partial charge in [0.25, 0.3) is 0 Å². The molecule has 0 unspecified atom stereocenters. The van der Waals surface area contributed by atoms with Crippen LogP contribution >= 0.6 is 0 Å². The molecule has 0 saturated heterocycles. The molecule has 3 heteroatoms. The van der Waals surface area contributed by atoms with Crippen molar-refractivity contribution in [2.24, 2.45) is 0 Å². The fourth-order valence-corrected chi connectivity index (χ4v) is 1.61. The highest BCUT2D eigenvalue weighted by atomic mass is 16.5. The van der Waals surface area contributed by atoms with E-state index >= 15 is 0 Å². The molecule has 0 fully saturated rings. The minimum atomic E-state index is -0.303. The Labute approximate surface area is 106 Å². The molecular weight excluding hydrogens is 226 g/mol. The third-order valence-corrected chi connectivity index (χ3v) is 2.49. The van der Waals surface area contributed by atoms with Gasteiger partial charge in [-0.3, -0.25) is 4.98 Å². The van der Waals surface area contributed by atoms with Crippen LogP contribution in [0, 0.1) is 0 Å². The van der Waals surface area contributed by atoms with Crippen LogP contribution in [0.5, 0.6) is 0 Å². The van der Waals surface area contributed by atoms with Gasteiger partial charge in [0.2, 0.25) is 0 Å². The number of hydrogen-bond acceptors (Lipinski definition) is 3. The van der Waals surface area contributed by atoms with E-state index < -0.39 is 0 Å². The van der Waals surface area contributed by atoms with E-state index in [1.54, 1.807) is 12.3 Å². The summed E-state index contributed by atoms with van der Waals surface area (Å²) in [5.41, 5.74) is 1.91. The largest absolute Gasteiger partial charge is 0.463 e. The lowest BCUT2D eigenvalue weighted by molar-refractivity contribution is -0.137. The number of aromatic nitrogens is 1. The summed E-state index contributed by atoms with van der Waals surface area (Å²) in [6, 6.07) is 9.75. The van der Waals surface area contributed by atoms with Gasteiger partial charge in [-0.2, -0.15) is 0 Å². The van der Waals surface area contributed by atoms with E-state index in [4.69, 9.17) is 4.74 Å². The monoisotopic (exact) mass is 241 g/mol. The lowest BCUT2D eigenvalue weighted by atomic mass is 10.1. The van der Waals surface area contributed by atoms with E-state index in [2.05, 4.69) is 4.98 Å². The molecule has 0 amide bonds. The molecule has 0 aliphatic carbocycles. The molecule has 2 aromatic rings. The summed E-state index contributed by atoms with van der Waals surface area (Å²) < 4.78 is 4.96. The first-order valence-corrected chi connectivity index (χ1v) is 5.99. The van der Waals surface area contributed by atoms with Crippen LogP contribution in [0.25, 0.3) is 17.0 Å². The molecule has 0 N–H and O–H groups in total. The van der Waals surface area contributed by atoms with Crippen LogP contribution in [-0.4, -0.2) is 17.6 Å². The highest BCUT2D eigenvalue weighted by Gasteiger charge is 1.97. The normalized spacial score (nSPS) is 10.9. The van der Waals surface area contributed by atoms with Crippen LogP contribution < -0.4 is 0 Å². The average molecular weight is 241 g/mol. The fraction of sp³-hybridized carbons (Fsp3) is 0.200. The Hall–Kier alpha value is -2.16. The van der Waals surface area contributed by atoms with E-state index in [1.807, 2.05) is 37.3 Å². The topological polar surface area (TPSA) is 39.2 Å². The van der Waals surface area contributed by atoms with Gasteiger partial charge in [0.1, 0.15) is 0 Å². The summed E-state index contributed by atoms with van der Waals surface area (Å²) in [6.45, 7) is 2.43. The third kappa shape index (κ3) is 3.17. The molecule has 92 valence electrons. The van der Waals surface area contributed by atoms with Crippen molar-refractivity contribution >= 4 is 22.9 Å². The number of hydrogen-bond donors (Lipinski definition) is 0. The predicted octanol–water partition coefficient (Wildman–Crippen LogP) is 3.20. The zero-order chi connectivity index (χ0) is 12.8. The van der Waals surface area contributed by atoms with Crippen molar-refractivity contribution in [3.63, 3.8) is 0 Å². The van der Waals surface area contributed by atoms with E-state index in [0.717, 1.165) is 22.9 Å². The van der Waals surface area contributed by atoms with E-state index in [0.29, 0.717) is 6.61 Å². The van der Waals surface area contributed by atoms with Crippen molar-refractivity contribution in [1.29, 1.82) is 0 Å². The van der Waals surface area contributed by atoms with Gasteiger partial charge in [-0.1, -0.05) is 19.1 Å². The minimum Gasteiger partial charge on any atom is -0.463 e. The third-order valence-electron chi connectivity index (χ3n) is 2.49. The van der Waals surface area contributed by atoms with Crippen LogP contribution in [0.3, 0.4) is 0 Å². The first-order valence-electron chi connectivity index (χ1n) is 5.99. The lowest BCUT2D eigenvalue weighted by Gasteiger charge is -1.99. The van der Waals surface area contributed by atoms with Crippen molar-refractivity contribution in [3.8, 4) is 0 Å². The maximum Gasteiger partial charge on any atom is 0.330 e. The molecule has 1 heterocycles. The SMILES string of the molecule is CCCOC(=O)/C=C/c1ccc2ncccc2c1. The van der Waals surface area contributed by atoms with E-state index in [-0.39, 0.29) is 5.97 Å². The van der Waals surface area contributed by atoms with Crippen molar-refractivity contribution in [2.75, 3.05) is 6.61 Å². The lowest BCUT2D eigenvalue weighted by Crippen LogP contribution is -2.00. The van der Waals surface area contributed by atoms with Gasteiger partial charge in [0, 0.05) is 17.7 Å². The number of carbonyl (C=O) groups is 1. The summed E-state index contributed by atoms with van der Waals surface area (Å²) >= 11 is 0. The predicted molar refractivity (Wildman–Crippen MR) is 72.0 cm³/mol. The summed E-state index contributed by atoms with van der Waals surface area (Å²) in [5, 5.41) is 1.06. The molecule has 0 bridgehead atoms. The molecule has 1 aromatic carbocycles. The number of ether oxygens (including phenoxy) is 1. The maximum atomic E-state index is 11.3. The fourth-order valence-electron chi connectivity index (χ4n) is 1.61. The summed E-state index contributed by atoms with van der Waals surface area (Å²) in [4.78, 5) is 15.6. The van der Waals surface area contributed by atoms with Gasteiger partial charge in [0.05, 0.1) is 12.1 Å². The molecule has 1 aromatic heterocycles. The minimum absolute atomic E-state index is 0.303. The Morgan fingerprint density at radius 3 is 3.11 bits per heavy atom. The molecular formula is C15H15NO2. The summed E-state index contributed by atoms with van der Waals surface area (Å²) in [6.07, 6.45) is 5.80. The van der Waals surface area contributed by atoms with Gasteiger partial charge in [0.15, 0.2) is 0 Å². The van der Waals surface area contributed by atoms with Crippen molar-refractivity contribution in [2.45, 2.75) is 13.3 Å². The molecule has 3 nitrogen and oxygen atoms in total. The maximum absolute atomic E-state index is 11.3. The first-order chi connectivity index (χ1) is 8.79. The molecule has 0 spiro atoms. The van der Waals surface area contributed by atoms with Crippen LogP contribution in [0.4, 0.5) is 0 Å². The Bertz CT molecular complexity index is 575. The summed E-state index contributed by atoms with van der Waals surface area (Å²) in [7, 11) is 0. The molecule has 18 heavy (non-hydrogen) atoms. The Balaban J connectivity index is 2.12. The highest BCUT2D eigenvalue weighted by Crippen LogP contribution is 2.14. The quantitative estimate of drug-likeness (QED) is 0.609. The summed E-state index contributed by atoms with van der Waals surface area (Å²) in [5.74, 6) is -0.303. The van der Waals surface area contributed by atoms with Crippen molar-refractivity contribution < 1.29 is 9.53 Å². The smallest absolute Gasteiger partial charge is 0.330 e. The number of benzene rings is 1. The number of rotatable bonds is 4. The molecule has 0 atom stereocenters. The second-order valence-electron chi connectivity index (χ2n) is 3.96. The first kappa shape index (κ1) is 12.3. The van der Waals surface area contributed by atoms with E-state index in [1.165, 1.54) is 6.08 Å². The number of nitrogens with zero attached hydrogens (tertiary/aromatic N) is 1. The second kappa shape index (κ2) is 5.96. The zero-order valence-electron chi connectivity index (χ0n) is 10.3. The zero-order valence-corrected chi connectivity index (χ0v) is 10.3. The van der Waals surface area contributed by atoms with Gasteiger partial charge < -0.3 is 4.74 Å². The molecule has 0 aliphatic rings. The Morgan fingerprint density at radius 2 is 2.28 bits per heavy atom. The van der Waals surface area contributed by atoms with Crippen molar-refractivity contribution in [3.05, 3.63) is 48.2 Å². The van der Waals surface area contributed by atoms with E-state index in [9.17, 15) is 4.79 Å². The molecule has 0 aliphatic heterocycles. The number of esters is 1.